The molecule has 20 heavy (non-hydrogen) atoms. The molecule has 1 N–H and O–H groups in total. The van der Waals surface area contributed by atoms with E-state index in [1.807, 2.05) is 11.0 Å². The van der Waals surface area contributed by atoms with Crippen LogP contribution in [-0.2, 0) is 4.74 Å². The Kier molecular flexibility index (Phi) is 4.05. The highest BCUT2D eigenvalue weighted by Crippen LogP contribution is 2.39. The molecule has 0 bridgehead atoms. The maximum Gasteiger partial charge on any atom is 0.274 e. The Balaban J connectivity index is 1.60. The molecular weight excluding hydrogens is 254 g/mol. The molecule has 1 saturated heterocycles. The molecule has 5 nitrogen and oxygen atoms in total. The Labute approximate surface area is 119 Å². The van der Waals surface area contributed by atoms with Crippen molar-refractivity contribution in [2.24, 2.45) is 0 Å². The zero-order valence-corrected chi connectivity index (χ0v) is 12.1. The molecule has 0 spiro atoms. The summed E-state index contributed by atoms with van der Waals surface area (Å²) in [5.74, 6) is 0.643. The Hall–Kier alpha value is -1.36. The molecule has 1 aliphatic heterocycles. The summed E-state index contributed by atoms with van der Waals surface area (Å²) in [6.07, 6.45) is 5.71. The van der Waals surface area contributed by atoms with E-state index in [-0.39, 0.29) is 12.0 Å². The summed E-state index contributed by atoms with van der Waals surface area (Å²) < 4.78 is 5.78. The first kappa shape index (κ1) is 13.6. The van der Waals surface area contributed by atoms with Gasteiger partial charge >= 0.3 is 0 Å². The third-order valence-corrected chi connectivity index (χ3v) is 4.06. The van der Waals surface area contributed by atoms with E-state index >= 15 is 0 Å². The van der Waals surface area contributed by atoms with E-state index in [0.717, 1.165) is 38.1 Å². The van der Waals surface area contributed by atoms with E-state index in [0.29, 0.717) is 18.2 Å². The highest BCUT2D eigenvalue weighted by Gasteiger charge is 2.29. The summed E-state index contributed by atoms with van der Waals surface area (Å²) >= 11 is 0. The first-order valence-corrected chi connectivity index (χ1v) is 7.74. The van der Waals surface area contributed by atoms with Crippen LogP contribution < -0.4 is 0 Å². The Morgan fingerprint density at radius 2 is 2.35 bits per heavy atom. The summed E-state index contributed by atoms with van der Waals surface area (Å²) in [5, 5.41) is 7.19. The lowest BCUT2D eigenvalue weighted by molar-refractivity contribution is 0.00192. The van der Waals surface area contributed by atoms with Gasteiger partial charge in [0.25, 0.3) is 5.91 Å². The van der Waals surface area contributed by atoms with Gasteiger partial charge in [-0.25, -0.2) is 0 Å². The number of H-pyrrole nitrogens is 1. The lowest BCUT2D eigenvalue weighted by atomic mass is 10.1. The third-order valence-electron chi connectivity index (χ3n) is 4.06. The fraction of sp³-hybridized carbons (Fsp3) is 0.733. The molecule has 5 heteroatoms. The standard InChI is InChI=1S/C15H23N3O2/c1-2-8-20-12-4-3-7-18(10-12)15(19)14-9-13(16-17-14)11-5-6-11/h9,11-12H,2-8,10H2,1H3,(H,16,17). The summed E-state index contributed by atoms with van der Waals surface area (Å²) in [4.78, 5) is 14.3. The average Bonchev–Trinajstić information content (AvgIpc) is 3.22. The molecule has 2 fully saturated rings. The predicted octanol–water partition coefficient (Wildman–Crippen LogP) is 2.32. The molecule has 1 aliphatic carbocycles. The summed E-state index contributed by atoms with van der Waals surface area (Å²) in [5.41, 5.74) is 1.67. The monoisotopic (exact) mass is 277 g/mol. The molecule has 1 aromatic heterocycles. The van der Waals surface area contributed by atoms with Crippen LogP contribution in [0.5, 0.6) is 0 Å². The number of likely N-dealkylation sites (tertiary alicyclic amines) is 1. The van der Waals surface area contributed by atoms with E-state index in [4.69, 9.17) is 4.74 Å². The normalized spacial score (nSPS) is 23.1. The number of carbonyl (C=O) groups excluding carboxylic acids is 1. The molecule has 3 rings (SSSR count). The number of hydrogen-bond acceptors (Lipinski definition) is 3. The van der Waals surface area contributed by atoms with Gasteiger partial charge in [-0.15, -0.1) is 0 Å². The second-order valence-electron chi connectivity index (χ2n) is 5.87. The highest BCUT2D eigenvalue weighted by atomic mass is 16.5. The fourth-order valence-corrected chi connectivity index (χ4v) is 2.75. The fourth-order valence-electron chi connectivity index (χ4n) is 2.75. The van der Waals surface area contributed by atoms with Crippen LogP contribution >= 0.6 is 0 Å². The van der Waals surface area contributed by atoms with Gasteiger partial charge in [0.2, 0.25) is 0 Å². The molecule has 1 aromatic rings. The first-order chi connectivity index (χ1) is 9.78. The Morgan fingerprint density at radius 3 is 3.10 bits per heavy atom. The van der Waals surface area contributed by atoms with Crippen LogP contribution in [0, 0.1) is 0 Å². The largest absolute Gasteiger partial charge is 0.376 e. The van der Waals surface area contributed by atoms with Crippen molar-refractivity contribution in [2.45, 2.75) is 51.0 Å². The molecule has 2 aliphatic rings. The minimum absolute atomic E-state index is 0.0398. The average molecular weight is 277 g/mol. The number of ether oxygens (including phenoxy) is 1. The minimum atomic E-state index is 0.0398. The van der Waals surface area contributed by atoms with Crippen molar-refractivity contribution >= 4 is 5.91 Å². The van der Waals surface area contributed by atoms with Crippen LogP contribution in [0.25, 0.3) is 0 Å². The SMILES string of the molecule is CCCOC1CCCN(C(=O)c2cc(C3CC3)[nH]n2)C1. The second kappa shape index (κ2) is 5.95. The first-order valence-electron chi connectivity index (χ1n) is 7.74. The third kappa shape index (κ3) is 3.03. The highest BCUT2D eigenvalue weighted by molar-refractivity contribution is 5.92. The van der Waals surface area contributed by atoms with Crippen molar-refractivity contribution in [2.75, 3.05) is 19.7 Å². The number of rotatable bonds is 5. The van der Waals surface area contributed by atoms with Crippen LogP contribution in [0.2, 0.25) is 0 Å². The number of hydrogen-bond donors (Lipinski definition) is 1. The van der Waals surface area contributed by atoms with Gasteiger partial charge in [-0.3, -0.25) is 9.89 Å². The second-order valence-corrected chi connectivity index (χ2v) is 5.87. The number of aromatic nitrogens is 2. The maximum absolute atomic E-state index is 12.5. The van der Waals surface area contributed by atoms with Gasteiger partial charge in [0.15, 0.2) is 0 Å². The van der Waals surface area contributed by atoms with Crippen molar-refractivity contribution in [3.05, 3.63) is 17.5 Å². The van der Waals surface area contributed by atoms with Gasteiger partial charge in [-0.2, -0.15) is 5.10 Å². The van der Waals surface area contributed by atoms with Crippen molar-refractivity contribution in [1.29, 1.82) is 0 Å². The summed E-state index contributed by atoms with van der Waals surface area (Å²) in [6, 6.07) is 1.93. The minimum Gasteiger partial charge on any atom is -0.376 e. The van der Waals surface area contributed by atoms with Crippen molar-refractivity contribution in [3.8, 4) is 0 Å². The predicted molar refractivity (Wildman–Crippen MR) is 75.7 cm³/mol. The van der Waals surface area contributed by atoms with Gasteiger partial charge in [0.05, 0.1) is 6.10 Å². The number of carbonyl (C=O) groups is 1. The topological polar surface area (TPSA) is 58.2 Å². The lowest BCUT2D eigenvalue weighted by Gasteiger charge is -2.32. The molecule has 110 valence electrons. The summed E-state index contributed by atoms with van der Waals surface area (Å²) in [7, 11) is 0. The molecule has 2 heterocycles. The van der Waals surface area contributed by atoms with Crippen molar-refractivity contribution in [3.63, 3.8) is 0 Å². The Bertz CT molecular complexity index is 467. The van der Waals surface area contributed by atoms with E-state index < -0.39 is 0 Å². The number of nitrogens with one attached hydrogen (secondary N) is 1. The molecule has 0 radical (unpaired) electrons. The molecule has 1 amide bonds. The van der Waals surface area contributed by atoms with Crippen molar-refractivity contribution < 1.29 is 9.53 Å². The summed E-state index contributed by atoms with van der Waals surface area (Å²) in [6.45, 7) is 4.40. The van der Waals surface area contributed by atoms with Crippen LogP contribution in [-0.4, -0.2) is 46.8 Å². The zero-order valence-electron chi connectivity index (χ0n) is 12.1. The number of aromatic amines is 1. The number of piperidine rings is 1. The van der Waals surface area contributed by atoms with E-state index in [1.54, 1.807) is 0 Å². The molecule has 1 atom stereocenters. The maximum atomic E-state index is 12.5. The number of amides is 1. The lowest BCUT2D eigenvalue weighted by Crippen LogP contribution is -2.43. The van der Waals surface area contributed by atoms with E-state index in [9.17, 15) is 4.79 Å². The molecule has 1 unspecified atom stereocenters. The quantitative estimate of drug-likeness (QED) is 0.898. The molecule has 1 saturated carbocycles. The molecule has 0 aromatic carbocycles. The van der Waals surface area contributed by atoms with Crippen LogP contribution in [0.15, 0.2) is 6.07 Å². The van der Waals surface area contributed by atoms with Crippen LogP contribution in [0.4, 0.5) is 0 Å². The zero-order chi connectivity index (χ0) is 13.9. The van der Waals surface area contributed by atoms with E-state index in [1.165, 1.54) is 12.8 Å². The Morgan fingerprint density at radius 1 is 1.50 bits per heavy atom. The van der Waals surface area contributed by atoms with Gasteiger partial charge in [0, 0.05) is 31.3 Å². The van der Waals surface area contributed by atoms with Crippen LogP contribution in [0.1, 0.15) is 61.1 Å². The van der Waals surface area contributed by atoms with Crippen LogP contribution in [0.3, 0.4) is 0 Å². The van der Waals surface area contributed by atoms with Gasteiger partial charge in [-0.1, -0.05) is 6.92 Å². The van der Waals surface area contributed by atoms with Gasteiger partial charge < -0.3 is 9.64 Å². The molecular formula is C15H23N3O2. The van der Waals surface area contributed by atoms with Crippen molar-refractivity contribution in [1.82, 2.24) is 15.1 Å². The van der Waals surface area contributed by atoms with E-state index in [2.05, 4.69) is 17.1 Å². The smallest absolute Gasteiger partial charge is 0.274 e. The van der Waals surface area contributed by atoms with Gasteiger partial charge in [-0.05, 0) is 38.2 Å². The van der Waals surface area contributed by atoms with Gasteiger partial charge in [0.1, 0.15) is 5.69 Å². The number of nitrogens with zero attached hydrogens (tertiary/aromatic N) is 2.